The molecular weight excluding hydrogens is 906 g/mol. The van der Waals surface area contributed by atoms with E-state index < -0.39 is 35.1 Å². The normalized spacial score (nSPS) is 24.4. The molecular formula is C52H57ClF2N8O6. The molecule has 1 saturated carbocycles. The molecule has 0 spiro atoms. The Bertz CT molecular complexity index is 2850. The van der Waals surface area contributed by atoms with Gasteiger partial charge in [-0.05, 0) is 99.3 Å². The Hall–Kier alpha value is -6.10. The number of piperidine rings is 1. The van der Waals surface area contributed by atoms with Crippen molar-refractivity contribution in [1.82, 2.24) is 30.2 Å². The summed E-state index contributed by atoms with van der Waals surface area (Å²) < 4.78 is 45.9. The number of benzene rings is 4. The Kier molecular flexibility index (Phi) is 12.6. The van der Waals surface area contributed by atoms with Crippen LogP contribution in [0.1, 0.15) is 97.2 Å². The van der Waals surface area contributed by atoms with E-state index in [2.05, 4.69) is 37.7 Å². The molecule has 10 rings (SSSR count). The number of methoxy groups -OCH3 is 1. The van der Waals surface area contributed by atoms with Crippen LogP contribution in [0.15, 0.2) is 66.7 Å². The number of imide groups is 1. The fraction of sp³-hybridized carbons (Fsp3) is 0.442. The molecule has 5 heterocycles. The lowest BCUT2D eigenvalue weighted by Gasteiger charge is -2.38. The van der Waals surface area contributed by atoms with Gasteiger partial charge in [0.15, 0.2) is 23.0 Å². The first-order valence-corrected chi connectivity index (χ1v) is 24.4. The number of aryl methyl sites for hydroxylation is 1. The van der Waals surface area contributed by atoms with Crippen LogP contribution in [0.25, 0.3) is 22.0 Å². The molecule has 4 N–H and O–H groups in total. The zero-order valence-corrected chi connectivity index (χ0v) is 39.8. The number of hydrogen-bond acceptors (Lipinski definition) is 9. The molecule has 4 aliphatic heterocycles. The Balaban J connectivity index is 0.763. The van der Waals surface area contributed by atoms with E-state index >= 15 is 8.78 Å². The van der Waals surface area contributed by atoms with Crippen molar-refractivity contribution in [3.05, 3.63) is 106 Å². The van der Waals surface area contributed by atoms with Gasteiger partial charge >= 0.3 is 6.03 Å². The van der Waals surface area contributed by atoms with Gasteiger partial charge in [0.05, 0.1) is 23.2 Å². The van der Waals surface area contributed by atoms with Crippen LogP contribution in [-0.2, 0) is 22.2 Å². The summed E-state index contributed by atoms with van der Waals surface area (Å²) in [5.41, 5.74) is 7.75. The molecule has 0 unspecified atom stereocenters. The van der Waals surface area contributed by atoms with Crippen LogP contribution in [0.3, 0.4) is 0 Å². The van der Waals surface area contributed by atoms with Gasteiger partial charge in [0, 0.05) is 91.7 Å². The van der Waals surface area contributed by atoms with Crippen LogP contribution < -0.4 is 30.7 Å². The van der Waals surface area contributed by atoms with Gasteiger partial charge in [-0.2, -0.15) is 5.10 Å². The Morgan fingerprint density at radius 1 is 0.957 bits per heavy atom. The van der Waals surface area contributed by atoms with E-state index in [1.807, 2.05) is 55.1 Å². The number of primary amides is 1. The summed E-state index contributed by atoms with van der Waals surface area (Å²) in [7, 11) is 3.18. The predicted octanol–water partition coefficient (Wildman–Crippen LogP) is 7.75. The molecule has 5 aromatic rings. The summed E-state index contributed by atoms with van der Waals surface area (Å²) in [6.07, 6.45) is 6.30. The number of carbonyl (C=O) groups excluding carboxylic acids is 4. The Morgan fingerprint density at radius 3 is 2.42 bits per heavy atom. The van der Waals surface area contributed by atoms with Gasteiger partial charge in [-0.1, -0.05) is 54.9 Å². The minimum Gasteiger partial charge on any atom is -0.494 e. The Labute approximate surface area is 404 Å². The first kappa shape index (κ1) is 46.6. The molecule has 5 aliphatic rings. The Morgan fingerprint density at radius 2 is 1.71 bits per heavy atom. The van der Waals surface area contributed by atoms with Gasteiger partial charge in [-0.25, -0.2) is 13.6 Å². The topological polar surface area (TPSA) is 164 Å². The van der Waals surface area contributed by atoms with Gasteiger partial charge < -0.3 is 25.4 Å². The molecule has 362 valence electrons. The van der Waals surface area contributed by atoms with Crippen molar-refractivity contribution in [2.24, 2.45) is 18.7 Å². The standard InChI is InChI=1S/C52H57ClF2N8O6/c1-29-43-41(26-38(54)46(53)45(43)44-37(48(56)65)15-16-40(68-3)47(44)55)69-52(29,33-7-5-4-6-8-33)28-57-34-12-9-31(10-13-34)50(66)62-23-19-35(27-62)61-21-17-30(18-22-61)32-11-14-36-39(25-32)60(2)59-49(36)63-24-20-42(64)58-51(63)67/h4-8,11,14-16,25-26,29-31,34-35,57H,9-10,12-13,17-24,27-28H2,1-3H3,(H2,56,65)(H,58,64,67)/t29-,31?,34?,35-,52-/m0/s1. The lowest BCUT2D eigenvalue weighted by atomic mass is 9.77. The van der Waals surface area contributed by atoms with Crippen molar-refractivity contribution in [2.45, 2.75) is 87.8 Å². The molecule has 1 aliphatic carbocycles. The highest BCUT2D eigenvalue weighted by molar-refractivity contribution is 6.34. The molecule has 3 atom stereocenters. The number of nitrogens with two attached hydrogens (primary N) is 1. The highest BCUT2D eigenvalue weighted by Gasteiger charge is 2.50. The summed E-state index contributed by atoms with van der Waals surface area (Å²) >= 11 is 6.71. The number of aromatic nitrogens is 2. The maximum absolute atomic E-state index is 16.2. The number of amides is 5. The number of nitrogens with zero attached hydrogens (tertiary/aromatic N) is 5. The number of nitrogens with one attached hydrogen (secondary N) is 2. The second-order valence-corrected chi connectivity index (χ2v) is 19.7. The van der Waals surface area contributed by atoms with E-state index in [0.29, 0.717) is 36.4 Å². The van der Waals surface area contributed by atoms with Crippen molar-refractivity contribution in [3.8, 4) is 22.6 Å². The van der Waals surface area contributed by atoms with Gasteiger partial charge in [-0.3, -0.25) is 34.2 Å². The van der Waals surface area contributed by atoms with Crippen molar-refractivity contribution in [1.29, 1.82) is 0 Å². The molecule has 4 aromatic carbocycles. The number of halogens is 3. The first-order valence-electron chi connectivity index (χ1n) is 24.0. The molecule has 0 radical (unpaired) electrons. The third-order valence-corrected chi connectivity index (χ3v) is 16.0. The largest absolute Gasteiger partial charge is 0.494 e. The number of ether oxygens (including phenoxy) is 2. The quantitative estimate of drug-likeness (QED) is 0.120. The highest BCUT2D eigenvalue weighted by Crippen LogP contribution is 2.56. The summed E-state index contributed by atoms with van der Waals surface area (Å²) in [6.45, 7) is 5.97. The third-order valence-electron chi connectivity index (χ3n) is 15.6. The van der Waals surface area contributed by atoms with Gasteiger partial charge in [0.2, 0.25) is 17.7 Å². The number of anilines is 1. The maximum Gasteiger partial charge on any atom is 0.329 e. The number of likely N-dealkylation sites (tertiary alicyclic amines) is 2. The van der Waals surface area contributed by atoms with E-state index in [0.717, 1.165) is 87.6 Å². The van der Waals surface area contributed by atoms with Crippen molar-refractivity contribution < 1.29 is 37.4 Å². The summed E-state index contributed by atoms with van der Waals surface area (Å²) in [5.74, 6) is -2.23. The number of fused-ring (bicyclic) bond motifs is 2. The molecule has 14 nitrogen and oxygen atoms in total. The molecule has 5 amide bonds. The van der Waals surface area contributed by atoms with Crippen LogP contribution in [0.5, 0.6) is 11.5 Å². The molecule has 17 heteroatoms. The zero-order chi connectivity index (χ0) is 48.3. The average Bonchev–Trinajstić information content (AvgIpc) is 4.06. The monoisotopic (exact) mass is 962 g/mol. The van der Waals surface area contributed by atoms with E-state index in [1.54, 1.807) is 0 Å². The van der Waals surface area contributed by atoms with Gasteiger partial charge in [0.1, 0.15) is 11.6 Å². The fourth-order valence-electron chi connectivity index (χ4n) is 11.8. The lowest BCUT2D eigenvalue weighted by Crippen LogP contribution is -2.49. The molecule has 0 bridgehead atoms. The van der Waals surface area contributed by atoms with Crippen molar-refractivity contribution in [3.63, 3.8) is 0 Å². The number of hydrogen-bond donors (Lipinski definition) is 3. The second kappa shape index (κ2) is 18.7. The van der Waals surface area contributed by atoms with Gasteiger partial charge in [0.25, 0.3) is 0 Å². The van der Waals surface area contributed by atoms with E-state index in [1.165, 1.54) is 35.8 Å². The second-order valence-electron chi connectivity index (χ2n) is 19.4. The van der Waals surface area contributed by atoms with E-state index in [4.69, 9.17) is 26.8 Å². The number of rotatable bonds is 11. The minimum absolute atomic E-state index is 0.00263. The number of carbonyl (C=O) groups is 4. The maximum atomic E-state index is 16.2. The van der Waals surface area contributed by atoms with Crippen molar-refractivity contribution in [2.75, 3.05) is 51.3 Å². The third kappa shape index (κ3) is 8.37. The highest BCUT2D eigenvalue weighted by atomic mass is 35.5. The predicted molar refractivity (Wildman–Crippen MR) is 258 cm³/mol. The fourth-order valence-corrected chi connectivity index (χ4v) is 12.0. The van der Waals surface area contributed by atoms with Crippen LogP contribution in [-0.4, -0.2) is 102 Å². The first-order chi connectivity index (χ1) is 33.3. The lowest BCUT2D eigenvalue weighted by molar-refractivity contribution is -0.135. The average molecular weight is 964 g/mol. The van der Waals surface area contributed by atoms with Crippen LogP contribution >= 0.6 is 11.6 Å². The van der Waals surface area contributed by atoms with Gasteiger partial charge in [-0.15, -0.1) is 0 Å². The van der Waals surface area contributed by atoms with E-state index in [9.17, 15) is 19.2 Å². The summed E-state index contributed by atoms with van der Waals surface area (Å²) in [5, 5.41) is 11.3. The molecule has 3 saturated heterocycles. The van der Waals surface area contributed by atoms with Crippen LogP contribution in [0, 0.1) is 17.6 Å². The van der Waals surface area contributed by atoms with E-state index in [-0.39, 0.29) is 63.4 Å². The SMILES string of the molecule is COc1ccc(C(N)=O)c(-c2c(Cl)c(F)cc3c2[C@H](C)[C@@](CNC2CCC(C(=O)N4CC[C@H](N5CCC(c6ccc7c(N8CCC(=O)NC8=O)nn(C)c7c6)CC5)C4)CC2)(c2ccccc2)O3)c1F. The minimum atomic E-state index is -1.07. The summed E-state index contributed by atoms with van der Waals surface area (Å²) in [4.78, 5) is 57.2. The summed E-state index contributed by atoms with van der Waals surface area (Å²) in [6, 6.07) is 19.9. The molecule has 1 aromatic heterocycles. The smallest absolute Gasteiger partial charge is 0.329 e. The zero-order valence-electron chi connectivity index (χ0n) is 39.0. The van der Waals surface area contributed by atoms with Crippen LogP contribution in [0.2, 0.25) is 5.02 Å². The molecule has 4 fully saturated rings. The van der Waals surface area contributed by atoms with Crippen LogP contribution in [0.4, 0.5) is 19.4 Å². The molecule has 69 heavy (non-hydrogen) atoms. The number of urea groups is 1. The van der Waals surface area contributed by atoms with Crippen molar-refractivity contribution >= 4 is 52.1 Å².